The third-order valence-corrected chi connectivity index (χ3v) is 2.64. The minimum absolute atomic E-state index is 0.143. The second-order valence-corrected chi connectivity index (χ2v) is 4.29. The molecule has 0 amide bonds. The Morgan fingerprint density at radius 1 is 1.21 bits per heavy atom. The summed E-state index contributed by atoms with van der Waals surface area (Å²) in [7, 11) is 0. The fraction of sp³-hybridized carbons (Fsp3) is 0.200. The lowest BCUT2D eigenvalue weighted by Crippen LogP contribution is -2.14. The van der Waals surface area contributed by atoms with Crippen LogP contribution in [0.15, 0.2) is 36.4 Å². The van der Waals surface area contributed by atoms with E-state index in [9.17, 15) is 14.7 Å². The first-order valence-corrected chi connectivity index (χ1v) is 5.85. The minimum atomic E-state index is -0.935. The summed E-state index contributed by atoms with van der Waals surface area (Å²) in [4.78, 5) is 22.2. The molecule has 4 heteroatoms. The lowest BCUT2D eigenvalue weighted by molar-refractivity contribution is 0.0100. The maximum Gasteiger partial charge on any atom is 0.338 e. The van der Waals surface area contributed by atoms with E-state index in [1.54, 1.807) is 36.4 Å². The van der Waals surface area contributed by atoms with Crippen LogP contribution in [-0.4, -0.2) is 25.0 Å². The summed E-state index contributed by atoms with van der Waals surface area (Å²) in [6.45, 7) is 1.29. The molecule has 0 saturated carbocycles. The van der Waals surface area contributed by atoms with E-state index in [2.05, 4.69) is 0 Å². The van der Waals surface area contributed by atoms with Crippen LogP contribution >= 0.6 is 0 Å². The van der Waals surface area contributed by atoms with E-state index in [1.807, 2.05) is 6.29 Å². The maximum atomic E-state index is 11.7. The summed E-state index contributed by atoms with van der Waals surface area (Å²) in [5.74, 6) is -0.518. The predicted octanol–water partition coefficient (Wildman–Crippen LogP) is 2.27. The average Bonchev–Trinajstić information content (AvgIpc) is 2.43. The van der Waals surface area contributed by atoms with Crippen LogP contribution in [0.5, 0.6) is 0 Å². The molecule has 2 rings (SSSR count). The molecule has 2 aromatic rings. The van der Waals surface area contributed by atoms with Crippen LogP contribution in [0, 0.1) is 0 Å². The molecule has 2 aromatic carbocycles. The molecule has 0 spiro atoms. The molecule has 1 atom stereocenters. The average molecular weight is 256 g/mol. The third kappa shape index (κ3) is 3.17. The molecule has 0 saturated heterocycles. The molecule has 0 aliphatic rings. The SMILES string of the molecule is CC([O])COC(=O)c1ccc2cc([C]=O)ccc2c1. The predicted molar refractivity (Wildman–Crippen MR) is 69.2 cm³/mol. The lowest BCUT2D eigenvalue weighted by atomic mass is 10.0. The molecule has 96 valence electrons. The number of ether oxygens (including phenoxy) is 1. The zero-order valence-corrected chi connectivity index (χ0v) is 10.4. The molecule has 4 nitrogen and oxygen atoms in total. The molecule has 0 fully saturated rings. The first-order valence-electron chi connectivity index (χ1n) is 5.85. The Morgan fingerprint density at radius 3 is 2.58 bits per heavy atom. The molecule has 19 heavy (non-hydrogen) atoms. The maximum absolute atomic E-state index is 11.7. The van der Waals surface area contributed by atoms with Gasteiger partial charge in [0, 0.05) is 5.56 Å². The van der Waals surface area contributed by atoms with Gasteiger partial charge in [0.2, 0.25) is 6.29 Å². The Morgan fingerprint density at radius 2 is 1.89 bits per heavy atom. The van der Waals surface area contributed by atoms with Gasteiger partial charge in [0.1, 0.15) is 12.7 Å². The van der Waals surface area contributed by atoms with Gasteiger partial charge >= 0.3 is 5.97 Å². The van der Waals surface area contributed by atoms with Crippen LogP contribution in [0.2, 0.25) is 0 Å². The highest BCUT2D eigenvalue weighted by Crippen LogP contribution is 2.18. The largest absolute Gasteiger partial charge is 0.459 e. The van der Waals surface area contributed by atoms with Gasteiger partial charge in [-0.2, -0.15) is 0 Å². The van der Waals surface area contributed by atoms with Gasteiger partial charge < -0.3 is 4.74 Å². The quantitative estimate of drug-likeness (QED) is 0.788. The summed E-state index contributed by atoms with van der Waals surface area (Å²) >= 11 is 0. The number of carbonyl (C=O) groups excluding carboxylic acids is 2. The molecule has 2 radical (unpaired) electrons. The Bertz CT molecular complexity index is 617. The summed E-state index contributed by atoms with van der Waals surface area (Å²) in [5, 5.41) is 12.5. The molecule has 0 N–H and O–H groups in total. The number of hydrogen-bond acceptors (Lipinski definition) is 3. The van der Waals surface area contributed by atoms with Gasteiger partial charge in [-0.05, 0) is 35.9 Å². The Balaban J connectivity index is 2.26. The molecular weight excluding hydrogens is 244 g/mol. The number of carbonyl (C=O) groups is 1. The minimum Gasteiger partial charge on any atom is -0.459 e. The van der Waals surface area contributed by atoms with Crippen molar-refractivity contribution in [3.63, 3.8) is 0 Å². The second-order valence-electron chi connectivity index (χ2n) is 4.29. The van der Waals surface area contributed by atoms with E-state index >= 15 is 0 Å². The van der Waals surface area contributed by atoms with Gasteiger partial charge in [-0.1, -0.05) is 18.2 Å². The summed E-state index contributed by atoms with van der Waals surface area (Å²) in [5.41, 5.74) is 0.846. The van der Waals surface area contributed by atoms with Gasteiger partial charge in [-0.15, -0.1) is 0 Å². The Labute approximate surface area is 110 Å². The number of hydrogen-bond donors (Lipinski definition) is 0. The molecule has 0 bridgehead atoms. The normalized spacial score (nSPS) is 12.1. The van der Waals surface area contributed by atoms with Crippen LogP contribution < -0.4 is 0 Å². The highest BCUT2D eigenvalue weighted by molar-refractivity contribution is 5.96. The van der Waals surface area contributed by atoms with Gasteiger partial charge in [0.05, 0.1) is 5.56 Å². The van der Waals surface area contributed by atoms with Crippen molar-refractivity contribution in [1.29, 1.82) is 0 Å². The highest BCUT2D eigenvalue weighted by Gasteiger charge is 2.10. The monoisotopic (exact) mass is 256 g/mol. The Hall–Kier alpha value is -2.20. The van der Waals surface area contributed by atoms with Gasteiger partial charge in [-0.25, -0.2) is 9.90 Å². The van der Waals surface area contributed by atoms with E-state index in [0.717, 1.165) is 10.8 Å². The van der Waals surface area contributed by atoms with Crippen molar-refractivity contribution in [2.24, 2.45) is 0 Å². The van der Waals surface area contributed by atoms with Crippen molar-refractivity contribution < 1.29 is 19.4 Å². The Kier molecular flexibility index (Phi) is 3.92. The van der Waals surface area contributed by atoms with Crippen molar-refractivity contribution >= 4 is 23.0 Å². The van der Waals surface area contributed by atoms with Crippen molar-refractivity contribution in [2.75, 3.05) is 6.61 Å². The topological polar surface area (TPSA) is 63.3 Å². The number of esters is 1. The van der Waals surface area contributed by atoms with E-state index in [-0.39, 0.29) is 6.61 Å². The first-order chi connectivity index (χ1) is 9.10. The molecule has 0 heterocycles. The van der Waals surface area contributed by atoms with Crippen molar-refractivity contribution in [1.82, 2.24) is 0 Å². The smallest absolute Gasteiger partial charge is 0.338 e. The van der Waals surface area contributed by atoms with E-state index in [1.165, 1.54) is 6.92 Å². The zero-order chi connectivity index (χ0) is 13.8. The number of fused-ring (bicyclic) bond motifs is 1. The van der Waals surface area contributed by atoms with Gasteiger partial charge in [0.15, 0.2) is 0 Å². The molecule has 1 unspecified atom stereocenters. The third-order valence-electron chi connectivity index (χ3n) is 2.64. The summed E-state index contributed by atoms with van der Waals surface area (Å²) < 4.78 is 4.87. The van der Waals surface area contributed by atoms with Crippen LogP contribution in [-0.2, 0) is 14.6 Å². The van der Waals surface area contributed by atoms with Crippen LogP contribution in [0.25, 0.3) is 10.8 Å². The van der Waals surface area contributed by atoms with E-state index < -0.39 is 12.1 Å². The highest BCUT2D eigenvalue weighted by atomic mass is 16.5. The van der Waals surface area contributed by atoms with Crippen LogP contribution in [0.3, 0.4) is 0 Å². The summed E-state index contributed by atoms with van der Waals surface area (Å²) in [6.07, 6.45) is 0.878. The number of rotatable bonds is 4. The molecular formula is C15H12O4. The molecule has 0 aliphatic carbocycles. The molecule has 0 aromatic heterocycles. The van der Waals surface area contributed by atoms with Gasteiger partial charge in [0.25, 0.3) is 0 Å². The fourth-order valence-electron chi connectivity index (χ4n) is 1.71. The zero-order valence-electron chi connectivity index (χ0n) is 10.4. The fourth-order valence-corrected chi connectivity index (χ4v) is 1.71. The van der Waals surface area contributed by atoms with Crippen LogP contribution in [0.1, 0.15) is 22.8 Å². The van der Waals surface area contributed by atoms with Crippen molar-refractivity contribution in [3.05, 3.63) is 47.5 Å². The van der Waals surface area contributed by atoms with E-state index in [4.69, 9.17) is 4.74 Å². The van der Waals surface area contributed by atoms with Gasteiger partial charge in [-0.3, -0.25) is 4.79 Å². The molecule has 0 aliphatic heterocycles. The van der Waals surface area contributed by atoms with Crippen molar-refractivity contribution in [3.8, 4) is 0 Å². The van der Waals surface area contributed by atoms with Crippen LogP contribution in [0.4, 0.5) is 0 Å². The standard InChI is InChI=1S/C15H12O4/c1-10(17)9-19-15(18)14-5-4-12-6-11(8-16)2-3-13(12)7-14/h2-7,10H,9H2,1H3. The lowest BCUT2D eigenvalue weighted by Gasteiger charge is -2.06. The van der Waals surface area contributed by atoms with E-state index in [0.29, 0.717) is 11.1 Å². The summed E-state index contributed by atoms with van der Waals surface area (Å²) in [6, 6.07) is 10.1. The first kappa shape index (κ1) is 13.2. The number of benzene rings is 2. The second kappa shape index (κ2) is 5.63. The van der Waals surface area contributed by atoms with Crippen molar-refractivity contribution in [2.45, 2.75) is 13.0 Å².